The number of H-pyrrole nitrogens is 1. The number of hydrogen-bond donors (Lipinski definition) is 2. The maximum absolute atomic E-state index is 12.3. The van der Waals surface area contributed by atoms with Crippen LogP contribution in [-0.2, 0) is 0 Å². The topological polar surface area (TPSA) is 75.1 Å². The van der Waals surface area contributed by atoms with Crippen LogP contribution in [0.3, 0.4) is 0 Å². The fourth-order valence-electron chi connectivity index (χ4n) is 1.87. The number of aromatic hydroxyl groups is 1. The lowest BCUT2D eigenvalue weighted by Crippen LogP contribution is -2.32. The first-order chi connectivity index (χ1) is 9.08. The molecule has 7 heteroatoms. The number of halogens is 1. The zero-order chi connectivity index (χ0) is 13.6. The summed E-state index contributed by atoms with van der Waals surface area (Å²) >= 11 is 6.92. The number of aromatic nitrogens is 2. The lowest BCUT2D eigenvalue weighted by molar-refractivity contribution is 0.481. The number of phenols is 1. The van der Waals surface area contributed by atoms with Crippen LogP contribution in [0, 0.1) is 0 Å². The van der Waals surface area contributed by atoms with Gasteiger partial charge in [-0.3, -0.25) is 4.79 Å². The normalized spacial score (nSPS) is 11.0. The van der Waals surface area contributed by atoms with Gasteiger partial charge in [0, 0.05) is 0 Å². The smallest absolute Gasteiger partial charge is 0.334 e. The molecule has 0 amide bonds. The van der Waals surface area contributed by atoms with E-state index < -0.39 is 11.2 Å². The first kappa shape index (κ1) is 12.0. The van der Waals surface area contributed by atoms with Crippen molar-refractivity contribution in [3.05, 3.63) is 55.5 Å². The summed E-state index contributed by atoms with van der Waals surface area (Å²) < 4.78 is 1.43. The fourth-order valence-corrected chi connectivity index (χ4v) is 2.90. The van der Waals surface area contributed by atoms with E-state index in [1.807, 2.05) is 0 Å². The van der Waals surface area contributed by atoms with Crippen molar-refractivity contribution < 1.29 is 5.11 Å². The molecule has 0 atom stereocenters. The number of hydrogen-bond acceptors (Lipinski definition) is 4. The second kappa shape index (κ2) is 4.25. The average molecular weight is 295 g/mol. The maximum atomic E-state index is 12.3. The minimum absolute atomic E-state index is 0.0756. The monoisotopic (exact) mass is 294 g/mol. The number of nitrogens with one attached hydrogen (secondary N) is 1. The van der Waals surface area contributed by atoms with E-state index in [1.165, 1.54) is 6.07 Å². The van der Waals surface area contributed by atoms with Gasteiger partial charge in [-0.15, -0.1) is 11.3 Å². The molecule has 0 spiro atoms. The summed E-state index contributed by atoms with van der Waals surface area (Å²) in [5, 5.41) is 10.2. The molecule has 3 aromatic rings. The molecule has 96 valence electrons. The summed E-state index contributed by atoms with van der Waals surface area (Å²) in [5.74, 6) is -0.171. The summed E-state index contributed by atoms with van der Waals surface area (Å²) in [6.45, 7) is 0. The largest absolute Gasteiger partial charge is 0.507 e. The van der Waals surface area contributed by atoms with Gasteiger partial charge >= 0.3 is 5.69 Å². The second-order valence-corrected chi connectivity index (χ2v) is 5.54. The molecule has 0 fully saturated rings. The van der Waals surface area contributed by atoms with E-state index in [0.29, 0.717) is 14.9 Å². The van der Waals surface area contributed by atoms with E-state index in [4.69, 9.17) is 11.6 Å². The molecule has 0 unspecified atom stereocenters. The first-order valence-electron chi connectivity index (χ1n) is 5.30. The van der Waals surface area contributed by atoms with Crippen LogP contribution in [-0.4, -0.2) is 14.7 Å². The summed E-state index contributed by atoms with van der Waals surface area (Å²) in [4.78, 5) is 26.8. The van der Waals surface area contributed by atoms with Crippen molar-refractivity contribution in [3.8, 4) is 10.8 Å². The van der Waals surface area contributed by atoms with E-state index in [-0.39, 0.29) is 11.1 Å². The third-order valence-corrected chi connectivity index (χ3v) is 3.90. The lowest BCUT2D eigenvalue weighted by atomic mass is 10.2. The number of aromatic amines is 1. The SMILES string of the molecule is O=c1[nH]c2cccc(O)c2c(=O)n1-c1ccc(Cl)s1. The quantitative estimate of drug-likeness (QED) is 0.722. The van der Waals surface area contributed by atoms with Crippen LogP contribution in [0.2, 0.25) is 4.34 Å². The molecule has 19 heavy (non-hydrogen) atoms. The molecule has 3 rings (SSSR count). The minimum Gasteiger partial charge on any atom is -0.507 e. The third kappa shape index (κ3) is 1.85. The first-order valence-corrected chi connectivity index (χ1v) is 6.50. The molecule has 0 aliphatic heterocycles. The van der Waals surface area contributed by atoms with Gasteiger partial charge in [0.2, 0.25) is 0 Å². The highest BCUT2D eigenvalue weighted by Crippen LogP contribution is 2.24. The summed E-state index contributed by atoms with van der Waals surface area (Å²) in [7, 11) is 0. The van der Waals surface area contributed by atoms with Crippen LogP contribution >= 0.6 is 22.9 Å². The number of phenolic OH excluding ortho intramolecular Hbond substituents is 1. The average Bonchev–Trinajstić information content (AvgIpc) is 2.75. The summed E-state index contributed by atoms with van der Waals surface area (Å²) in [6, 6.07) is 7.69. The van der Waals surface area contributed by atoms with Crippen molar-refractivity contribution in [2.75, 3.05) is 0 Å². The standard InChI is InChI=1S/C12H7ClN2O3S/c13-8-4-5-9(19-8)15-11(17)10-6(14-12(15)18)2-1-3-7(10)16/h1-5,16H,(H,14,18). The van der Waals surface area contributed by atoms with E-state index in [9.17, 15) is 14.7 Å². The molecule has 0 aliphatic carbocycles. The molecule has 2 N–H and O–H groups in total. The van der Waals surface area contributed by atoms with Crippen LogP contribution in [0.25, 0.3) is 15.9 Å². The number of nitrogens with zero attached hydrogens (tertiary/aromatic N) is 1. The van der Waals surface area contributed by atoms with Gasteiger partial charge in [0.15, 0.2) is 0 Å². The fraction of sp³-hybridized carbons (Fsp3) is 0. The lowest BCUT2D eigenvalue weighted by Gasteiger charge is -2.04. The van der Waals surface area contributed by atoms with Crippen LogP contribution < -0.4 is 11.2 Å². The van der Waals surface area contributed by atoms with E-state index in [2.05, 4.69) is 4.98 Å². The highest BCUT2D eigenvalue weighted by Gasteiger charge is 2.13. The van der Waals surface area contributed by atoms with Crippen molar-refractivity contribution in [1.29, 1.82) is 0 Å². The zero-order valence-corrected chi connectivity index (χ0v) is 11.0. The Labute approximate surface area is 115 Å². The van der Waals surface area contributed by atoms with E-state index >= 15 is 0 Å². The predicted molar refractivity (Wildman–Crippen MR) is 74.7 cm³/mol. The molecule has 0 aliphatic rings. The summed E-state index contributed by atoms with van der Waals surface area (Å²) in [6.07, 6.45) is 0. The molecule has 2 heterocycles. The van der Waals surface area contributed by atoms with Crippen LogP contribution in [0.15, 0.2) is 39.9 Å². The molecular weight excluding hydrogens is 288 g/mol. The minimum atomic E-state index is -0.574. The Balaban J connectivity index is 2.47. The Kier molecular flexibility index (Phi) is 2.69. The molecule has 0 radical (unpaired) electrons. The van der Waals surface area contributed by atoms with Gasteiger partial charge in [-0.25, -0.2) is 9.36 Å². The van der Waals surface area contributed by atoms with Crippen molar-refractivity contribution >= 4 is 33.8 Å². The highest BCUT2D eigenvalue weighted by atomic mass is 35.5. The van der Waals surface area contributed by atoms with Crippen LogP contribution in [0.4, 0.5) is 0 Å². The molecular formula is C12H7ClN2O3S. The number of thiophene rings is 1. The van der Waals surface area contributed by atoms with Gasteiger partial charge < -0.3 is 10.1 Å². The van der Waals surface area contributed by atoms with Crippen molar-refractivity contribution in [1.82, 2.24) is 9.55 Å². The summed E-state index contributed by atoms with van der Waals surface area (Å²) in [5.41, 5.74) is -0.842. The van der Waals surface area contributed by atoms with Gasteiger partial charge in [-0.1, -0.05) is 17.7 Å². The van der Waals surface area contributed by atoms with Crippen LogP contribution in [0.5, 0.6) is 5.75 Å². The predicted octanol–water partition coefficient (Wildman–Crippen LogP) is 2.10. The van der Waals surface area contributed by atoms with Gasteiger partial charge in [-0.05, 0) is 24.3 Å². The zero-order valence-electron chi connectivity index (χ0n) is 9.38. The molecule has 0 saturated heterocycles. The highest BCUT2D eigenvalue weighted by molar-refractivity contribution is 7.18. The van der Waals surface area contributed by atoms with E-state index in [1.54, 1.807) is 24.3 Å². The second-order valence-electron chi connectivity index (χ2n) is 3.85. The molecule has 2 aromatic heterocycles. The maximum Gasteiger partial charge on any atom is 0.334 e. The Bertz CT molecular complexity index is 894. The Hall–Kier alpha value is -2.05. The Morgan fingerprint density at radius 2 is 2.00 bits per heavy atom. The van der Waals surface area contributed by atoms with E-state index in [0.717, 1.165) is 15.9 Å². The Morgan fingerprint density at radius 3 is 2.68 bits per heavy atom. The number of fused-ring (bicyclic) bond motifs is 1. The van der Waals surface area contributed by atoms with Gasteiger partial charge in [0.1, 0.15) is 16.1 Å². The van der Waals surface area contributed by atoms with Gasteiger partial charge in [0.25, 0.3) is 5.56 Å². The third-order valence-electron chi connectivity index (χ3n) is 2.68. The van der Waals surface area contributed by atoms with Gasteiger partial charge in [-0.2, -0.15) is 0 Å². The van der Waals surface area contributed by atoms with Gasteiger partial charge in [0.05, 0.1) is 9.85 Å². The molecule has 5 nitrogen and oxygen atoms in total. The Morgan fingerprint density at radius 1 is 1.21 bits per heavy atom. The van der Waals surface area contributed by atoms with Crippen LogP contribution in [0.1, 0.15) is 0 Å². The molecule has 0 saturated carbocycles. The van der Waals surface area contributed by atoms with Crippen molar-refractivity contribution in [3.63, 3.8) is 0 Å². The number of benzene rings is 1. The molecule has 1 aromatic carbocycles. The number of rotatable bonds is 1. The van der Waals surface area contributed by atoms with Crippen molar-refractivity contribution in [2.45, 2.75) is 0 Å². The van der Waals surface area contributed by atoms with Crippen molar-refractivity contribution in [2.24, 2.45) is 0 Å². The molecule has 0 bridgehead atoms.